The highest BCUT2D eigenvalue weighted by Crippen LogP contribution is 2.30. The second-order valence-electron chi connectivity index (χ2n) is 6.70. The summed E-state index contributed by atoms with van der Waals surface area (Å²) >= 11 is 0. The third-order valence-corrected chi connectivity index (χ3v) is 4.41. The van der Waals surface area contributed by atoms with Crippen LogP contribution in [0.1, 0.15) is 25.3 Å². The van der Waals surface area contributed by atoms with Crippen molar-refractivity contribution < 1.29 is 40.3 Å². The molecule has 10 heteroatoms. The van der Waals surface area contributed by atoms with Gasteiger partial charge in [0.15, 0.2) is 52.2 Å². The molecule has 0 fully saturated rings. The van der Waals surface area contributed by atoms with Crippen LogP contribution >= 0.6 is 0 Å². The van der Waals surface area contributed by atoms with E-state index in [2.05, 4.69) is 0 Å². The van der Waals surface area contributed by atoms with E-state index in [0.717, 1.165) is 48.9 Å². The number of rotatable bonds is 9. The fraction of sp³-hybridized carbons (Fsp3) is 0.182. The number of benzene rings is 3. The number of hydrogen-bond acceptors (Lipinski definition) is 3. The van der Waals surface area contributed by atoms with Crippen LogP contribution in [0.2, 0.25) is 0 Å². The van der Waals surface area contributed by atoms with Crippen LogP contribution < -0.4 is 14.0 Å². The van der Waals surface area contributed by atoms with Crippen LogP contribution in [0.3, 0.4) is 0 Å². The highest BCUT2D eigenvalue weighted by atomic mass is 19.2. The lowest BCUT2D eigenvalue weighted by molar-refractivity contribution is 0.268. The lowest BCUT2D eigenvalue weighted by Crippen LogP contribution is -2.38. The highest BCUT2D eigenvalue weighted by molar-refractivity contribution is 6.39. The standard InChI is InChI=1S/C22H17BF6O3/c1-2-3-6-13-11-12-18(28)22(19(13)29)32-23(30-20-14(24)7-4-8-15(20)25)31-21-16(26)9-5-10-17(21)27/h4-5,7-12H,2-3,6H2,1H3. The van der Waals surface area contributed by atoms with Crippen LogP contribution in [0.5, 0.6) is 17.2 Å². The molecule has 0 unspecified atom stereocenters. The summed E-state index contributed by atoms with van der Waals surface area (Å²) in [6, 6.07) is 7.59. The number of hydrogen-bond donors (Lipinski definition) is 0. The Balaban J connectivity index is 1.99. The Kier molecular flexibility index (Phi) is 7.55. The van der Waals surface area contributed by atoms with Crippen molar-refractivity contribution in [3.8, 4) is 17.2 Å². The molecule has 0 radical (unpaired) electrons. The first-order valence-electron chi connectivity index (χ1n) is 9.66. The molecule has 3 nitrogen and oxygen atoms in total. The molecular formula is C22H17BF6O3. The first kappa shape index (κ1) is 23.4. The molecule has 0 N–H and O–H groups in total. The number of aryl methyl sites for hydroxylation is 1. The fourth-order valence-corrected chi connectivity index (χ4v) is 2.79. The molecule has 0 spiro atoms. The van der Waals surface area contributed by atoms with E-state index < -0.39 is 59.5 Å². The normalized spacial score (nSPS) is 10.7. The summed E-state index contributed by atoms with van der Waals surface area (Å²) in [5, 5.41) is 0. The van der Waals surface area contributed by atoms with Crippen molar-refractivity contribution in [1.29, 1.82) is 0 Å². The summed E-state index contributed by atoms with van der Waals surface area (Å²) in [7, 11) is -2.35. The third kappa shape index (κ3) is 5.30. The first-order chi connectivity index (χ1) is 15.3. The molecule has 0 aliphatic rings. The number of halogens is 6. The topological polar surface area (TPSA) is 27.7 Å². The van der Waals surface area contributed by atoms with E-state index in [1.807, 2.05) is 6.92 Å². The largest absolute Gasteiger partial charge is 0.864 e. The third-order valence-electron chi connectivity index (χ3n) is 4.41. The number of unbranched alkanes of at least 4 members (excludes halogenated alkanes) is 1. The molecule has 0 aliphatic heterocycles. The maximum Gasteiger partial charge on any atom is 0.864 e. The molecular weight excluding hydrogens is 437 g/mol. The average Bonchev–Trinajstić information content (AvgIpc) is 2.75. The highest BCUT2D eigenvalue weighted by Gasteiger charge is 2.37. The van der Waals surface area contributed by atoms with Gasteiger partial charge in [-0.15, -0.1) is 0 Å². The minimum atomic E-state index is -2.35. The Hall–Kier alpha value is -3.30. The van der Waals surface area contributed by atoms with Crippen molar-refractivity contribution in [1.82, 2.24) is 0 Å². The Morgan fingerprint density at radius 3 is 1.53 bits per heavy atom. The van der Waals surface area contributed by atoms with Crippen molar-refractivity contribution >= 4 is 7.32 Å². The maximum atomic E-state index is 14.8. The van der Waals surface area contributed by atoms with Crippen LogP contribution in [-0.4, -0.2) is 7.32 Å². The average molecular weight is 454 g/mol. The van der Waals surface area contributed by atoms with E-state index in [-0.39, 0.29) is 12.0 Å². The van der Waals surface area contributed by atoms with Gasteiger partial charge >= 0.3 is 7.32 Å². The van der Waals surface area contributed by atoms with E-state index in [1.165, 1.54) is 6.07 Å². The molecule has 0 heterocycles. The minimum Gasteiger partial charge on any atom is -0.484 e. The molecule has 3 aromatic carbocycles. The van der Waals surface area contributed by atoms with Crippen LogP contribution in [0.25, 0.3) is 0 Å². The van der Waals surface area contributed by atoms with Gasteiger partial charge in [0.25, 0.3) is 0 Å². The SMILES string of the molecule is CCCCc1ccc(F)c(OB(Oc2c(F)cccc2F)Oc2c(F)cccc2F)c1F. The minimum absolute atomic E-state index is 0.108. The van der Waals surface area contributed by atoms with Crippen molar-refractivity contribution in [3.05, 3.63) is 89.0 Å². The summed E-state index contributed by atoms with van der Waals surface area (Å²) in [5.41, 5.74) is 0.108. The van der Waals surface area contributed by atoms with Gasteiger partial charge in [-0.2, -0.15) is 0 Å². The lowest BCUT2D eigenvalue weighted by Gasteiger charge is -2.19. The molecule has 0 bridgehead atoms. The summed E-state index contributed by atoms with van der Waals surface area (Å²) in [5.74, 6) is -10.1. The predicted molar refractivity (Wildman–Crippen MR) is 105 cm³/mol. The van der Waals surface area contributed by atoms with Crippen LogP contribution in [0, 0.1) is 34.9 Å². The summed E-state index contributed by atoms with van der Waals surface area (Å²) in [6.07, 6.45) is 1.59. The smallest absolute Gasteiger partial charge is 0.484 e. The Bertz CT molecular complexity index is 1000. The van der Waals surface area contributed by atoms with Crippen molar-refractivity contribution in [2.75, 3.05) is 0 Å². The number of para-hydroxylation sites is 2. The van der Waals surface area contributed by atoms with E-state index in [4.69, 9.17) is 14.0 Å². The van der Waals surface area contributed by atoms with Gasteiger partial charge in [0, 0.05) is 0 Å². The van der Waals surface area contributed by atoms with Gasteiger partial charge in [0.1, 0.15) is 0 Å². The zero-order valence-corrected chi connectivity index (χ0v) is 16.8. The monoisotopic (exact) mass is 454 g/mol. The van der Waals surface area contributed by atoms with Crippen molar-refractivity contribution in [2.45, 2.75) is 26.2 Å². The molecule has 0 amide bonds. The van der Waals surface area contributed by atoms with E-state index >= 15 is 0 Å². The van der Waals surface area contributed by atoms with Crippen LogP contribution in [-0.2, 0) is 6.42 Å². The Morgan fingerprint density at radius 1 is 0.625 bits per heavy atom. The molecule has 3 aromatic rings. The van der Waals surface area contributed by atoms with Crippen LogP contribution in [0.4, 0.5) is 26.3 Å². The molecule has 0 aromatic heterocycles. The molecule has 3 rings (SSSR count). The Morgan fingerprint density at radius 2 is 1.06 bits per heavy atom. The van der Waals surface area contributed by atoms with Gasteiger partial charge < -0.3 is 14.0 Å². The molecule has 0 atom stereocenters. The van der Waals surface area contributed by atoms with Crippen LogP contribution in [0.15, 0.2) is 48.5 Å². The van der Waals surface area contributed by atoms with Gasteiger partial charge in [0.05, 0.1) is 0 Å². The van der Waals surface area contributed by atoms with Gasteiger partial charge in [-0.25, -0.2) is 26.3 Å². The van der Waals surface area contributed by atoms with Crippen molar-refractivity contribution in [2.24, 2.45) is 0 Å². The summed E-state index contributed by atoms with van der Waals surface area (Å²) in [4.78, 5) is 0. The molecule has 32 heavy (non-hydrogen) atoms. The second-order valence-corrected chi connectivity index (χ2v) is 6.70. The Labute approximate surface area is 180 Å². The lowest BCUT2D eigenvalue weighted by atomic mass is 10.1. The quantitative estimate of drug-likeness (QED) is 0.277. The van der Waals surface area contributed by atoms with Gasteiger partial charge in [-0.3, -0.25) is 0 Å². The molecule has 0 aliphatic carbocycles. The van der Waals surface area contributed by atoms with E-state index in [0.29, 0.717) is 6.42 Å². The van der Waals surface area contributed by atoms with Crippen molar-refractivity contribution in [3.63, 3.8) is 0 Å². The van der Waals surface area contributed by atoms with Gasteiger partial charge in [0.2, 0.25) is 0 Å². The van der Waals surface area contributed by atoms with Gasteiger partial charge in [-0.05, 0) is 48.7 Å². The maximum absolute atomic E-state index is 14.8. The summed E-state index contributed by atoms with van der Waals surface area (Å²) in [6.45, 7) is 1.88. The van der Waals surface area contributed by atoms with Gasteiger partial charge in [-0.1, -0.05) is 31.5 Å². The van der Waals surface area contributed by atoms with E-state index in [1.54, 1.807) is 0 Å². The second kappa shape index (κ2) is 10.3. The zero-order chi connectivity index (χ0) is 23.3. The fourth-order valence-electron chi connectivity index (χ4n) is 2.79. The predicted octanol–water partition coefficient (Wildman–Crippen LogP) is 6.39. The molecule has 168 valence electrons. The summed E-state index contributed by atoms with van der Waals surface area (Å²) < 4.78 is 100. The zero-order valence-electron chi connectivity index (χ0n) is 16.8. The molecule has 0 saturated heterocycles. The van der Waals surface area contributed by atoms with E-state index in [9.17, 15) is 26.3 Å². The molecule has 0 saturated carbocycles. The first-order valence-corrected chi connectivity index (χ1v) is 9.66.